The first-order valence-electron chi connectivity index (χ1n) is 1.47. The van der Waals surface area contributed by atoms with Crippen LogP contribution in [0.4, 0.5) is 0 Å². The zero-order valence-electron chi connectivity index (χ0n) is 5.05. The van der Waals surface area contributed by atoms with E-state index in [-0.39, 0.29) is 33.0 Å². The molecule has 0 bridgehead atoms. The molecule has 4 N–H and O–H groups in total. The van der Waals surface area contributed by atoms with Crippen LogP contribution in [0.15, 0.2) is 0 Å². The molecule has 82 valence electrons. The van der Waals surface area contributed by atoms with Crippen molar-refractivity contribution in [3.8, 4) is 0 Å². The summed E-state index contributed by atoms with van der Waals surface area (Å²) in [6.07, 6.45) is 0. The van der Waals surface area contributed by atoms with Crippen molar-refractivity contribution in [3.05, 3.63) is 0 Å². The summed E-state index contributed by atoms with van der Waals surface area (Å²) in [5, 5.41) is 7.54. The van der Waals surface area contributed by atoms with Gasteiger partial charge in [0, 0.05) is 16.5 Å². The van der Waals surface area contributed by atoms with Gasteiger partial charge in [0.2, 0.25) is 0 Å². The van der Waals surface area contributed by atoms with Gasteiger partial charge in [0.1, 0.15) is 0 Å². The molecule has 12 heteroatoms. The largest absolute Gasteiger partial charge is 2.00 e. The molecule has 0 rings (SSSR count). The van der Waals surface area contributed by atoms with Crippen LogP contribution in [-0.2, 0) is 53.6 Å². The third-order valence-electron chi connectivity index (χ3n) is 0. The second-order valence-electron chi connectivity index (χ2n) is 0.986. The maximum Gasteiger partial charge on any atom is 2.00 e. The minimum Gasteiger partial charge on any atom is -0.736 e. The molecular formula is H4N2Ni2O6S2. The van der Waals surface area contributed by atoms with E-state index < -0.39 is 20.6 Å². The predicted molar refractivity (Wildman–Crippen MR) is 27.8 cm³/mol. The molecule has 0 radical (unpaired) electrons. The molecule has 0 fully saturated rings. The van der Waals surface area contributed by atoms with E-state index in [1.165, 1.54) is 0 Å². The van der Waals surface area contributed by atoms with Crippen LogP contribution in [0.5, 0.6) is 0 Å². The van der Waals surface area contributed by atoms with Crippen molar-refractivity contribution in [2.75, 3.05) is 0 Å². The van der Waals surface area contributed by atoms with Gasteiger partial charge in [-0.2, -0.15) is 0 Å². The summed E-state index contributed by atoms with van der Waals surface area (Å²) >= 11 is 0. The molecule has 0 saturated heterocycles. The van der Waals surface area contributed by atoms with Crippen molar-refractivity contribution in [1.29, 1.82) is 0 Å². The van der Waals surface area contributed by atoms with Gasteiger partial charge in [0.05, 0.1) is 0 Å². The predicted octanol–water partition coefficient (Wildman–Crippen LogP) is -3.19. The molecule has 0 aliphatic heterocycles. The van der Waals surface area contributed by atoms with Gasteiger partial charge in [0.15, 0.2) is 20.6 Å². The minimum absolute atomic E-state index is 0. The Balaban J connectivity index is -0.0000000457. The molecule has 0 aromatic carbocycles. The summed E-state index contributed by atoms with van der Waals surface area (Å²) in [6, 6.07) is 0. The van der Waals surface area contributed by atoms with E-state index in [2.05, 4.69) is 10.3 Å². The summed E-state index contributed by atoms with van der Waals surface area (Å²) in [6.45, 7) is 0. The van der Waals surface area contributed by atoms with Crippen LogP contribution in [0, 0.1) is 0 Å². The van der Waals surface area contributed by atoms with Crippen LogP contribution < -0.4 is 10.3 Å². The zero-order valence-corrected chi connectivity index (χ0v) is 8.66. The molecule has 0 unspecified atom stereocenters. The second kappa shape index (κ2) is 8.33. The Morgan fingerprint density at radius 1 is 0.833 bits per heavy atom. The van der Waals surface area contributed by atoms with Gasteiger partial charge in [-0.05, 0) is 0 Å². The first-order chi connectivity index (χ1) is 4.00. The Kier molecular flexibility index (Phi) is 16.0. The Morgan fingerprint density at radius 2 is 0.833 bits per heavy atom. The number of nitrogens with two attached hydrogens (primary N) is 2. The van der Waals surface area contributed by atoms with E-state index in [1.54, 1.807) is 0 Å². The summed E-state index contributed by atoms with van der Waals surface area (Å²) < 4.78 is 53.1. The number of hydrogen-bond acceptors (Lipinski definition) is 6. The average Bonchev–Trinajstić information content (AvgIpc) is 1.12. The first kappa shape index (κ1) is 23.0. The maximum atomic E-state index is 8.85. The molecule has 0 atom stereocenters. The zero-order chi connectivity index (χ0) is 9.00. The molecule has 0 heterocycles. The Morgan fingerprint density at radius 3 is 0.833 bits per heavy atom. The van der Waals surface area contributed by atoms with E-state index in [0.717, 1.165) is 0 Å². The summed E-state index contributed by atoms with van der Waals surface area (Å²) in [7, 11) is -8.83. The van der Waals surface area contributed by atoms with Crippen LogP contribution in [0.3, 0.4) is 0 Å². The van der Waals surface area contributed by atoms with Gasteiger partial charge in [-0.1, -0.05) is 0 Å². The van der Waals surface area contributed by atoms with Crippen LogP contribution in [0.2, 0.25) is 0 Å². The van der Waals surface area contributed by atoms with Crippen molar-refractivity contribution in [2.45, 2.75) is 0 Å². The normalized spacial score (nSPS) is 9.67. The molecule has 0 aliphatic rings. The molecule has 0 aromatic heterocycles. The van der Waals surface area contributed by atoms with Gasteiger partial charge in [0.25, 0.3) is 0 Å². The summed E-state index contributed by atoms with van der Waals surface area (Å²) in [5.74, 6) is 0. The first-order valence-corrected chi connectivity index (χ1v) is 4.41. The minimum atomic E-state index is -4.42. The molecule has 0 aliphatic carbocycles. The van der Waals surface area contributed by atoms with E-state index in [4.69, 9.17) is 25.9 Å². The standard InChI is InChI=1S/2H3NO3S.2Ni/c2*1-5(2,3)4;;/h2*(H3,1,2,3,4);;/q;;;+2/p-2. The van der Waals surface area contributed by atoms with Gasteiger partial charge in [-0.25, -0.2) is 27.1 Å². The fourth-order valence-corrected chi connectivity index (χ4v) is 0. The quantitative estimate of drug-likeness (QED) is 0.353. The Hall–Kier alpha value is 0.727. The Bertz CT molecular complexity index is 218. The van der Waals surface area contributed by atoms with Gasteiger partial charge >= 0.3 is 16.5 Å². The van der Waals surface area contributed by atoms with Crippen LogP contribution in [0.25, 0.3) is 0 Å². The monoisotopic (exact) mass is 308 g/mol. The van der Waals surface area contributed by atoms with Gasteiger partial charge < -0.3 is 9.11 Å². The number of rotatable bonds is 0. The fourth-order valence-electron chi connectivity index (χ4n) is 0. The topological polar surface area (TPSA) is 166 Å². The average molecular weight is 310 g/mol. The van der Waals surface area contributed by atoms with Crippen molar-refractivity contribution in [1.82, 2.24) is 0 Å². The third kappa shape index (κ3) is 1920. The van der Waals surface area contributed by atoms with E-state index in [0.29, 0.717) is 0 Å². The van der Waals surface area contributed by atoms with Gasteiger partial charge in [-0.15, -0.1) is 0 Å². The molecule has 0 amide bonds. The van der Waals surface area contributed by atoms with Crippen LogP contribution >= 0.6 is 0 Å². The number of hydrogen-bond donors (Lipinski definition) is 2. The SMILES string of the molecule is NS(=O)(=O)[O-].NS(=O)(=O)[O-].[Ni+2].[Ni]. The smallest absolute Gasteiger partial charge is 0.736 e. The van der Waals surface area contributed by atoms with E-state index in [9.17, 15) is 0 Å². The van der Waals surface area contributed by atoms with E-state index in [1.807, 2.05) is 0 Å². The third-order valence-corrected chi connectivity index (χ3v) is 0. The molecule has 0 spiro atoms. The molecule has 12 heavy (non-hydrogen) atoms. The van der Waals surface area contributed by atoms with Crippen LogP contribution in [-0.4, -0.2) is 25.9 Å². The molecule has 0 saturated carbocycles. The molecule has 8 nitrogen and oxygen atoms in total. The van der Waals surface area contributed by atoms with Crippen LogP contribution in [0.1, 0.15) is 0 Å². The fraction of sp³-hybridized carbons (Fsp3) is 0. The van der Waals surface area contributed by atoms with E-state index >= 15 is 0 Å². The van der Waals surface area contributed by atoms with Gasteiger partial charge in [-0.3, -0.25) is 0 Å². The van der Waals surface area contributed by atoms with Crippen molar-refractivity contribution >= 4 is 20.6 Å². The van der Waals surface area contributed by atoms with Crippen molar-refractivity contribution < 1.29 is 58.9 Å². The molecule has 0 aromatic rings. The second-order valence-corrected chi connectivity index (χ2v) is 2.96. The summed E-state index contributed by atoms with van der Waals surface area (Å²) in [5.41, 5.74) is 0. The summed E-state index contributed by atoms with van der Waals surface area (Å²) in [4.78, 5) is 0. The molecular weight excluding hydrogens is 306 g/mol. The Labute approximate surface area is 89.7 Å². The van der Waals surface area contributed by atoms with Crippen molar-refractivity contribution in [2.24, 2.45) is 10.3 Å². The maximum absolute atomic E-state index is 8.85. The van der Waals surface area contributed by atoms with Crippen molar-refractivity contribution in [3.63, 3.8) is 0 Å².